The van der Waals surface area contributed by atoms with Gasteiger partial charge in [-0.05, 0) is 23.8 Å². The van der Waals surface area contributed by atoms with E-state index in [2.05, 4.69) is 0 Å². The predicted molar refractivity (Wildman–Crippen MR) is 149 cm³/mol. The Labute approximate surface area is 251 Å². The third kappa shape index (κ3) is 4.10. The van der Waals surface area contributed by atoms with Crippen LogP contribution in [-0.4, -0.2) is 72.1 Å². The lowest BCUT2D eigenvalue weighted by Crippen LogP contribution is -2.73. The smallest absolute Gasteiger partial charge is 0.333 e. The Morgan fingerprint density at radius 2 is 1.65 bits per heavy atom. The topological polar surface area (TPSA) is 155 Å². The van der Waals surface area contributed by atoms with Gasteiger partial charge >= 0.3 is 23.9 Å². The molecule has 1 saturated heterocycles. The van der Waals surface area contributed by atoms with Gasteiger partial charge in [0.15, 0.2) is 5.78 Å². The fraction of sp³-hybridized carbons (Fsp3) is 0.719. The summed E-state index contributed by atoms with van der Waals surface area (Å²) in [5.74, 6) is -4.27. The highest BCUT2D eigenvalue weighted by Gasteiger charge is 2.88. The van der Waals surface area contributed by atoms with E-state index in [0.717, 1.165) is 0 Å². The van der Waals surface area contributed by atoms with Crippen molar-refractivity contribution in [2.75, 3.05) is 7.11 Å². The van der Waals surface area contributed by atoms with Crippen LogP contribution in [0.15, 0.2) is 23.8 Å². The molecule has 0 aromatic carbocycles. The van der Waals surface area contributed by atoms with Gasteiger partial charge in [0, 0.05) is 53.6 Å². The molecule has 3 fully saturated rings. The molecule has 5 rings (SSSR count). The molecule has 1 spiro atoms. The van der Waals surface area contributed by atoms with Crippen LogP contribution in [0.25, 0.3) is 0 Å². The summed E-state index contributed by atoms with van der Waals surface area (Å²) in [4.78, 5) is 63.9. The number of esters is 4. The Kier molecular flexibility index (Phi) is 7.10. The molecular formula is C32H42O11. The molecule has 0 amide bonds. The van der Waals surface area contributed by atoms with Crippen LogP contribution in [-0.2, 0) is 47.7 Å². The second-order valence-electron chi connectivity index (χ2n) is 14.3. The first-order chi connectivity index (χ1) is 19.8. The normalized spacial score (nSPS) is 43.6. The first-order valence-electron chi connectivity index (χ1n) is 14.7. The summed E-state index contributed by atoms with van der Waals surface area (Å²) in [7, 11) is 1.29. The van der Waals surface area contributed by atoms with E-state index in [4.69, 9.17) is 23.7 Å². The molecule has 10 atom stereocenters. The number of epoxide rings is 1. The average molecular weight is 603 g/mol. The zero-order chi connectivity index (χ0) is 32.1. The highest BCUT2D eigenvalue weighted by Crippen LogP contribution is 2.79. The summed E-state index contributed by atoms with van der Waals surface area (Å²) in [5, 5.41) is 10.7. The minimum absolute atomic E-state index is 0.0800. The van der Waals surface area contributed by atoms with Gasteiger partial charge in [0.05, 0.1) is 19.6 Å². The molecular weight excluding hydrogens is 560 g/mol. The molecule has 2 aliphatic heterocycles. The third-order valence-corrected chi connectivity index (χ3v) is 11.6. The second kappa shape index (κ2) is 9.72. The Balaban J connectivity index is 1.77. The fourth-order valence-corrected chi connectivity index (χ4v) is 10.0. The van der Waals surface area contributed by atoms with Crippen molar-refractivity contribution in [1.29, 1.82) is 0 Å². The Morgan fingerprint density at radius 1 is 1.02 bits per heavy atom. The lowest BCUT2D eigenvalue weighted by molar-refractivity contribution is -0.258. The maximum atomic E-state index is 13.3. The van der Waals surface area contributed by atoms with Crippen LogP contribution in [0.1, 0.15) is 68.2 Å². The Bertz CT molecular complexity index is 1340. The quantitative estimate of drug-likeness (QED) is 0.271. The molecule has 2 saturated carbocycles. The summed E-state index contributed by atoms with van der Waals surface area (Å²) < 4.78 is 29.0. The Hall–Kier alpha value is -3.05. The molecule has 2 heterocycles. The van der Waals surface area contributed by atoms with Gasteiger partial charge in [-0.3, -0.25) is 19.2 Å². The van der Waals surface area contributed by atoms with Crippen molar-refractivity contribution in [3.63, 3.8) is 0 Å². The number of ether oxygens (including phenoxy) is 5. The van der Waals surface area contributed by atoms with Crippen LogP contribution in [0.5, 0.6) is 0 Å². The van der Waals surface area contributed by atoms with E-state index in [1.165, 1.54) is 33.1 Å². The number of hydrogen-bond donors (Lipinski definition) is 1. The summed E-state index contributed by atoms with van der Waals surface area (Å²) in [6.07, 6.45) is 0.949. The average Bonchev–Trinajstić information content (AvgIpc) is 3.46. The number of rotatable bonds is 6. The number of aliphatic hydroxyl groups excluding tert-OH is 1. The summed E-state index contributed by atoms with van der Waals surface area (Å²) in [6, 6.07) is 0. The number of allylic oxidation sites excluding steroid dienone is 2. The number of cyclic esters (lactones) is 1. The van der Waals surface area contributed by atoms with E-state index < -0.39 is 87.4 Å². The van der Waals surface area contributed by atoms with E-state index in [9.17, 15) is 29.1 Å². The summed E-state index contributed by atoms with van der Waals surface area (Å²) in [5.41, 5.74) is -4.49. The third-order valence-electron chi connectivity index (χ3n) is 11.6. The van der Waals surface area contributed by atoms with E-state index in [-0.39, 0.29) is 18.3 Å². The first-order valence-corrected chi connectivity index (χ1v) is 14.7. The first kappa shape index (κ1) is 31.4. The van der Waals surface area contributed by atoms with Crippen molar-refractivity contribution in [1.82, 2.24) is 0 Å². The molecule has 0 radical (unpaired) electrons. The summed E-state index contributed by atoms with van der Waals surface area (Å²) in [6.45, 7) is 14.0. The maximum Gasteiger partial charge on any atom is 0.333 e. The van der Waals surface area contributed by atoms with Crippen molar-refractivity contribution in [3.8, 4) is 0 Å². The number of ketones is 1. The molecule has 0 bridgehead atoms. The van der Waals surface area contributed by atoms with Gasteiger partial charge in [-0.2, -0.15) is 0 Å². The maximum absolute atomic E-state index is 13.3. The number of aliphatic hydroxyl groups is 1. The second-order valence-corrected chi connectivity index (χ2v) is 14.3. The van der Waals surface area contributed by atoms with Crippen molar-refractivity contribution < 1.29 is 52.8 Å². The largest absolute Gasteiger partial charge is 0.469 e. The number of hydrogen-bond acceptors (Lipinski definition) is 11. The van der Waals surface area contributed by atoms with Crippen LogP contribution >= 0.6 is 0 Å². The van der Waals surface area contributed by atoms with Crippen molar-refractivity contribution in [2.24, 2.45) is 39.4 Å². The molecule has 0 aromatic rings. The zero-order valence-corrected chi connectivity index (χ0v) is 26.2. The molecule has 43 heavy (non-hydrogen) atoms. The minimum Gasteiger partial charge on any atom is -0.469 e. The lowest BCUT2D eigenvalue weighted by atomic mass is 9.40. The molecule has 11 heteroatoms. The zero-order valence-electron chi connectivity index (χ0n) is 26.2. The van der Waals surface area contributed by atoms with Gasteiger partial charge in [0.2, 0.25) is 6.29 Å². The van der Waals surface area contributed by atoms with Gasteiger partial charge in [0.1, 0.15) is 17.8 Å². The van der Waals surface area contributed by atoms with Crippen molar-refractivity contribution >= 4 is 29.7 Å². The molecule has 5 aliphatic rings. The van der Waals surface area contributed by atoms with Gasteiger partial charge in [-0.1, -0.05) is 47.6 Å². The van der Waals surface area contributed by atoms with Crippen LogP contribution in [0.2, 0.25) is 0 Å². The highest BCUT2D eigenvalue weighted by molar-refractivity contribution is 5.96. The van der Waals surface area contributed by atoms with Crippen LogP contribution < -0.4 is 0 Å². The molecule has 3 aliphatic carbocycles. The predicted octanol–water partition coefficient (Wildman–Crippen LogP) is 2.82. The molecule has 0 aromatic heterocycles. The van der Waals surface area contributed by atoms with Gasteiger partial charge < -0.3 is 28.8 Å². The van der Waals surface area contributed by atoms with Crippen molar-refractivity contribution in [2.45, 2.75) is 98.4 Å². The van der Waals surface area contributed by atoms with E-state index in [1.807, 2.05) is 27.7 Å². The summed E-state index contributed by atoms with van der Waals surface area (Å²) >= 11 is 0. The molecule has 1 N–H and O–H groups in total. The molecule has 236 valence electrons. The van der Waals surface area contributed by atoms with Crippen LogP contribution in [0.3, 0.4) is 0 Å². The SMILES string of the molecule is COC(=O)C[C@H]1C(C)(C)C(=O)C=C[C@]1(C)[C@H]1[C@@H](OC(C)=O)[C@H](OC(C)=O)[C@@]2(C)[C@H](C3=CC(=O)OC3O)C[C@H]3O[C@]32C1(C)C. The highest BCUT2D eigenvalue weighted by atomic mass is 16.6. The number of carbonyl (C=O) groups is 5. The number of methoxy groups -OCH3 is 1. The minimum atomic E-state index is -1.47. The fourth-order valence-electron chi connectivity index (χ4n) is 10.0. The van der Waals surface area contributed by atoms with E-state index >= 15 is 0 Å². The van der Waals surface area contributed by atoms with Gasteiger partial charge in [-0.15, -0.1) is 0 Å². The van der Waals surface area contributed by atoms with Crippen LogP contribution in [0.4, 0.5) is 0 Å². The standard InChI is InChI=1S/C32H42O11/c1-15(33)40-24-25(30(7)11-10-20(35)28(3,4)19(30)14-22(36)39-9)29(5,6)32-21(43-32)13-18(17-12-23(37)42-27(17)38)31(32,8)26(24)41-16(2)34/h10-12,18-19,21,24-27,38H,13-14H2,1-9H3/t18-,19-,21+,24+,25-,26-,27?,30-,31+,32-/m0/s1. The van der Waals surface area contributed by atoms with E-state index in [1.54, 1.807) is 19.9 Å². The lowest BCUT2D eigenvalue weighted by Gasteiger charge is -2.65. The molecule has 1 unspecified atom stereocenters. The number of carbonyl (C=O) groups excluding carboxylic acids is 5. The van der Waals surface area contributed by atoms with Crippen LogP contribution in [0, 0.1) is 39.4 Å². The Morgan fingerprint density at radius 3 is 2.19 bits per heavy atom. The van der Waals surface area contributed by atoms with Gasteiger partial charge in [-0.25, -0.2) is 4.79 Å². The van der Waals surface area contributed by atoms with Crippen molar-refractivity contribution in [3.05, 3.63) is 23.8 Å². The molecule has 11 nitrogen and oxygen atoms in total. The van der Waals surface area contributed by atoms with E-state index in [0.29, 0.717) is 12.0 Å². The van der Waals surface area contributed by atoms with Gasteiger partial charge in [0.25, 0.3) is 0 Å². The monoisotopic (exact) mass is 602 g/mol.